The van der Waals surface area contributed by atoms with Crippen LogP contribution in [0.5, 0.6) is 0 Å². The summed E-state index contributed by atoms with van der Waals surface area (Å²) in [5, 5.41) is 17.6. The van der Waals surface area contributed by atoms with Crippen molar-refractivity contribution in [3.05, 3.63) is 0 Å². The first kappa shape index (κ1) is 22.3. The molecule has 0 radical (unpaired) electrons. The molecule has 1 aliphatic rings. The molecule has 2 atom stereocenters. The van der Waals surface area contributed by atoms with E-state index in [-0.39, 0.29) is 24.0 Å². The van der Waals surface area contributed by atoms with Gasteiger partial charge in [0.1, 0.15) is 0 Å². The Balaban J connectivity index is 0.00000441. The SMILES string of the molecule is CCCCCCNC(=NCC1(O)CCC1SCC)NCC.I. The van der Waals surface area contributed by atoms with Crippen LogP contribution in [0, 0.1) is 0 Å². The van der Waals surface area contributed by atoms with Crippen molar-refractivity contribution in [2.75, 3.05) is 25.4 Å². The maximum absolute atomic E-state index is 10.6. The minimum Gasteiger partial charge on any atom is -0.387 e. The predicted octanol–water partition coefficient (Wildman–Crippen LogP) is 3.39. The van der Waals surface area contributed by atoms with Crippen LogP contribution in [0.3, 0.4) is 0 Å². The molecule has 0 amide bonds. The van der Waals surface area contributed by atoms with Gasteiger partial charge in [-0.2, -0.15) is 11.8 Å². The number of hydrogen-bond acceptors (Lipinski definition) is 3. The van der Waals surface area contributed by atoms with Crippen molar-refractivity contribution < 1.29 is 5.11 Å². The molecule has 0 bridgehead atoms. The zero-order valence-corrected chi connectivity index (χ0v) is 17.5. The molecule has 1 aliphatic carbocycles. The van der Waals surface area contributed by atoms with Crippen LogP contribution in [0.1, 0.15) is 59.3 Å². The fourth-order valence-electron chi connectivity index (χ4n) is 2.53. The van der Waals surface area contributed by atoms with Gasteiger partial charge in [-0.3, -0.25) is 4.99 Å². The van der Waals surface area contributed by atoms with E-state index in [0.29, 0.717) is 11.8 Å². The van der Waals surface area contributed by atoms with E-state index in [0.717, 1.165) is 37.6 Å². The molecule has 6 heteroatoms. The second-order valence-electron chi connectivity index (χ2n) is 5.77. The molecule has 1 fully saturated rings. The van der Waals surface area contributed by atoms with Crippen LogP contribution in [-0.2, 0) is 0 Å². The predicted molar refractivity (Wildman–Crippen MR) is 110 cm³/mol. The van der Waals surface area contributed by atoms with Crippen molar-refractivity contribution in [2.45, 2.75) is 70.1 Å². The number of aliphatic hydroxyl groups is 1. The van der Waals surface area contributed by atoms with Gasteiger partial charge in [-0.1, -0.05) is 33.1 Å². The molecule has 0 aromatic rings. The van der Waals surface area contributed by atoms with Crippen LogP contribution in [-0.4, -0.2) is 47.3 Å². The third-order valence-corrected chi connectivity index (χ3v) is 5.39. The highest BCUT2D eigenvalue weighted by molar-refractivity contribution is 14.0. The van der Waals surface area contributed by atoms with E-state index in [1.807, 2.05) is 11.8 Å². The van der Waals surface area contributed by atoms with Crippen LogP contribution in [0.2, 0.25) is 0 Å². The van der Waals surface area contributed by atoms with E-state index in [2.05, 4.69) is 36.4 Å². The number of thioether (sulfide) groups is 1. The lowest BCUT2D eigenvalue weighted by Crippen LogP contribution is -2.53. The lowest BCUT2D eigenvalue weighted by Gasteiger charge is -2.44. The van der Waals surface area contributed by atoms with Gasteiger partial charge >= 0.3 is 0 Å². The van der Waals surface area contributed by atoms with E-state index < -0.39 is 5.60 Å². The van der Waals surface area contributed by atoms with Crippen LogP contribution in [0.25, 0.3) is 0 Å². The van der Waals surface area contributed by atoms with Gasteiger partial charge in [0, 0.05) is 18.3 Å². The van der Waals surface area contributed by atoms with Crippen molar-refractivity contribution in [3.63, 3.8) is 0 Å². The summed E-state index contributed by atoms with van der Waals surface area (Å²) in [5.74, 6) is 1.90. The topological polar surface area (TPSA) is 56.7 Å². The van der Waals surface area contributed by atoms with Gasteiger partial charge in [-0.25, -0.2) is 0 Å². The Morgan fingerprint density at radius 1 is 1.23 bits per heavy atom. The third kappa shape index (κ3) is 7.73. The lowest BCUT2D eigenvalue weighted by atomic mass is 9.79. The van der Waals surface area contributed by atoms with Crippen molar-refractivity contribution in [2.24, 2.45) is 4.99 Å². The molecule has 0 saturated heterocycles. The quantitative estimate of drug-likeness (QED) is 0.210. The molecule has 2 unspecified atom stereocenters. The fourth-order valence-corrected chi connectivity index (χ4v) is 3.72. The summed E-state index contributed by atoms with van der Waals surface area (Å²) < 4.78 is 0. The molecular weight excluding hydrogens is 409 g/mol. The highest BCUT2D eigenvalue weighted by Crippen LogP contribution is 2.41. The van der Waals surface area contributed by atoms with Crippen molar-refractivity contribution in [1.82, 2.24) is 10.6 Å². The molecule has 0 aromatic heterocycles. The van der Waals surface area contributed by atoms with E-state index in [9.17, 15) is 5.11 Å². The summed E-state index contributed by atoms with van der Waals surface area (Å²) in [4.78, 5) is 4.59. The smallest absolute Gasteiger partial charge is 0.191 e. The number of rotatable bonds is 10. The Morgan fingerprint density at radius 3 is 2.55 bits per heavy atom. The van der Waals surface area contributed by atoms with Crippen molar-refractivity contribution in [1.29, 1.82) is 0 Å². The molecule has 0 aromatic carbocycles. The molecular formula is C16H34IN3OS. The largest absolute Gasteiger partial charge is 0.387 e. The third-order valence-electron chi connectivity index (χ3n) is 3.98. The van der Waals surface area contributed by atoms with E-state index in [4.69, 9.17) is 0 Å². The standard InChI is InChI=1S/C16H33N3OS.HI/c1-4-7-8-9-12-18-15(17-5-2)19-13-16(20)11-10-14(16)21-6-3;/h14,20H,4-13H2,1-3H3,(H2,17,18,19);1H. The van der Waals surface area contributed by atoms with E-state index >= 15 is 0 Å². The Bertz CT molecular complexity index is 318. The molecule has 0 heterocycles. The van der Waals surface area contributed by atoms with Crippen LogP contribution in [0.4, 0.5) is 0 Å². The summed E-state index contributed by atoms with van der Waals surface area (Å²) in [7, 11) is 0. The molecule has 22 heavy (non-hydrogen) atoms. The number of hydrogen-bond donors (Lipinski definition) is 3. The van der Waals surface area contributed by atoms with Gasteiger partial charge in [0.15, 0.2) is 5.96 Å². The zero-order chi connectivity index (χ0) is 15.6. The summed E-state index contributed by atoms with van der Waals surface area (Å²) in [6.45, 7) is 8.76. The molecule has 0 spiro atoms. The average Bonchev–Trinajstić information content (AvgIpc) is 2.48. The Morgan fingerprint density at radius 2 is 2.00 bits per heavy atom. The Labute approximate surface area is 157 Å². The molecule has 0 aliphatic heterocycles. The second-order valence-corrected chi connectivity index (χ2v) is 7.25. The summed E-state index contributed by atoms with van der Waals surface area (Å²) in [6, 6.07) is 0. The van der Waals surface area contributed by atoms with Gasteiger partial charge in [0.05, 0.1) is 12.1 Å². The minimum atomic E-state index is -0.592. The van der Waals surface area contributed by atoms with E-state index in [1.54, 1.807) is 0 Å². The zero-order valence-electron chi connectivity index (χ0n) is 14.4. The minimum absolute atomic E-state index is 0. The number of nitrogens with one attached hydrogen (secondary N) is 2. The molecule has 1 saturated carbocycles. The maximum Gasteiger partial charge on any atom is 0.191 e. The van der Waals surface area contributed by atoms with Crippen LogP contribution in [0.15, 0.2) is 4.99 Å². The number of guanidine groups is 1. The van der Waals surface area contributed by atoms with E-state index in [1.165, 1.54) is 25.7 Å². The lowest BCUT2D eigenvalue weighted by molar-refractivity contribution is -0.0154. The second kappa shape index (κ2) is 12.7. The number of nitrogens with zero attached hydrogens (tertiary/aromatic N) is 1. The van der Waals surface area contributed by atoms with Gasteiger partial charge in [-0.05, 0) is 31.9 Å². The molecule has 132 valence electrons. The van der Waals surface area contributed by atoms with Crippen LogP contribution >= 0.6 is 35.7 Å². The summed E-state index contributed by atoms with van der Waals surface area (Å²) in [5.41, 5.74) is -0.592. The number of unbranched alkanes of at least 4 members (excludes halogenated alkanes) is 3. The first-order valence-corrected chi connectivity index (χ1v) is 9.57. The number of halogens is 1. The normalized spacial score (nSPS) is 24.4. The summed E-state index contributed by atoms with van der Waals surface area (Å²) >= 11 is 1.86. The van der Waals surface area contributed by atoms with Gasteiger partial charge < -0.3 is 15.7 Å². The highest BCUT2D eigenvalue weighted by Gasteiger charge is 2.45. The van der Waals surface area contributed by atoms with Gasteiger partial charge in [0.25, 0.3) is 0 Å². The van der Waals surface area contributed by atoms with Crippen molar-refractivity contribution in [3.8, 4) is 0 Å². The Kier molecular flexibility index (Phi) is 12.9. The number of aliphatic imine (C=N–C) groups is 1. The maximum atomic E-state index is 10.6. The molecule has 3 N–H and O–H groups in total. The monoisotopic (exact) mass is 443 g/mol. The average molecular weight is 443 g/mol. The molecule has 1 rings (SSSR count). The van der Waals surface area contributed by atoms with Gasteiger partial charge in [-0.15, -0.1) is 24.0 Å². The van der Waals surface area contributed by atoms with Crippen LogP contribution < -0.4 is 10.6 Å². The molecule has 4 nitrogen and oxygen atoms in total. The Hall–Kier alpha value is 0.310. The summed E-state index contributed by atoms with van der Waals surface area (Å²) in [6.07, 6.45) is 7.00. The first-order chi connectivity index (χ1) is 10.2. The first-order valence-electron chi connectivity index (χ1n) is 8.52. The highest BCUT2D eigenvalue weighted by atomic mass is 127. The fraction of sp³-hybridized carbons (Fsp3) is 0.938. The van der Waals surface area contributed by atoms with Crippen molar-refractivity contribution >= 4 is 41.7 Å². The van der Waals surface area contributed by atoms with Gasteiger partial charge in [0.2, 0.25) is 0 Å².